The molecular formula is C19H28N4O5. The minimum Gasteiger partial charge on any atom is -0.484 e. The topological polar surface area (TPSA) is 100 Å². The Morgan fingerprint density at radius 3 is 2.36 bits per heavy atom. The van der Waals surface area contributed by atoms with Crippen molar-refractivity contribution in [3.05, 3.63) is 24.3 Å². The second-order valence-corrected chi connectivity index (χ2v) is 6.66. The fraction of sp³-hybridized carbons (Fsp3) is 0.526. The Morgan fingerprint density at radius 1 is 1.14 bits per heavy atom. The lowest BCUT2D eigenvalue weighted by Gasteiger charge is -2.31. The van der Waals surface area contributed by atoms with Crippen LogP contribution in [0.4, 0.5) is 15.3 Å². The van der Waals surface area contributed by atoms with Crippen molar-refractivity contribution in [3.8, 4) is 5.75 Å². The highest BCUT2D eigenvalue weighted by atomic mass is 16.6. The summed E-state index contributed by atoms with van der Waals surface area (Å²) >= 11 is 0. The van der Waals surface area contributed by atoms with Crippen LogP contribution in [0.3, 0.4) is 0 Å². The minimum absolute atomic E-state index is 0.00493. The van der Waals surface area contributed by atoms with Crippen molar-refractivity contribution in [2.75, 3.05) is 45.7 Å². The van der Waals surface area contributed by atoms with Crippen LogP contribution in [-0.2, 0) is 9.53 Å². The van der Waals surface area contributed by atoms with Gasteiger partial charge in [0.2, 0.25) is 0 Å². The van der Waals surface area contributed by atoms with Crippen LogP contribution in [0.25, 0.3) is 0 Å². The lowest BCUT2D eigenvalue weighted by Crippen LogP contribution is -2.47. The van der Waals surface area contributed by atoms with E-state index in [2.05, 4.69) is 10.6 Å². The summed E-state index contributed by atoms with van der Waals surface area (Å²) in [6.45, 7) is 3.21. The molecule has 2 N–H and O–H groups in total. The molecule has 0 aromatic heterocycles. The van der Waals surface area contributed by atoms with Gasteiger partial charge in [-0.25, -0.2) is 9.59 Å². The zero-order valence-electron chi connectivity index (χ0n) is 16.6. The molecule has 0 saturated carbocycles. The van der Waals surface area contributed by atoms with Crippen LogP contribution in [0.1, 0.15) is 19.8 Å². The van der Waals surface area contributed by atoms with E-state index >= 15 is 0 Å². The zero-order valence-corrected chi connectivity index (χ0v) is 16.6. The Labute approximate surface area is 165 Å². The van der Waals surface area contributed by atoms with Crippen molar-refractivity contribution >= 4 is 23.7 Å². The largest absolute Gasteiger partial charge is 0.484 e. The molecule has 1 fully saturated rings. The third-order valence-electron chi connectivity index (χ3n) is 4.33. The first-order valence-corrected chi connectivity index (χ1v) is 9.31. The second-order valence-electron chi connectivity index (χ2n) is 6.66. The smallest absolute Gasteiger partial charge is 0.409 e. The maximum absolute atomic E-state index is 12.2. The molecule has 154 valence electrons. The Hall–Kier alpha value is -2.97. The normalized spacial score (nSPS) is 14.2. The molecular weight excluding hydrogens is 364 g/mol. The standard InChI is InChI=1S/C19H28N4O5/c1-4-27-19(26)23-11-9-15(10-12-23)21-18(25)20-14-5-7-16(8-6-14)28-13-17(24)22(2)3/h5-8,15H,4,9-13H2,1-3H3,(H2,20,21,25). The van der Waals surface area contributed by atoms with Crippen LogP contribution in [0.5, 0.6) is 5.75 Å². The highest BCUT2D eigenvalue weighted by Gasteiger charge is 2.24. The Kier molecular flexibility index (Phi) is 7.91. The molecule has 1 aliphatic rings. The summed E-state index contributed by atoms with van der Waals surface area (Å²) < 4.78 is 10.4. The van der Waals surface area contributed by atoms with Gasteiger partial charge in [0.1, 0.15) is 5.75 Å². The fourth-order valence-electron chi connectivity index (χ4n) is 2.68. The zero-order chi connectivity index (χ0) is 20.5. The number of hydrogen-bond acceptors (Lipinski definition) is 5. The lowest BCUT2D eigenvalue weighted by atomic mass is 10.1. The number of piperidine rings is 1. The van der Waals surface area contributed by atoms with E-state index in [0.717, 1.165) is 0 Å². The van der Waals surface area contributed by atoms with Gasteiger partial charge in [-0.1, -0.05) is 0 Å². The summed E-state index contributed by atoms with van der Waals surface area (Å²) in [5, 5.41) is 5.68. The number of likely N-dealkylation sites (tertiary alicyclic amines) is 1. The number of ether oxygens (including phenoxy) is 2. The average Bonchev–Trinajstić information content (AvgIpc) is 2.67. The highest BCUT2D eigenvalue weighted by Crippen LogP contribution is 2.16. The summed E-state index contributed by atoms with van der Waals surface area (Å²) in [5.74, 6) is 0.420. The average molecular weight is 392 g/mol. The first-order chi connectivity index (χ1) is 13.4. The molecule has 28 heavy (non-hydrogen) atoms. The number of anilines is 1. The number of carbonyl (C=O) groups excluding carboxylic acids is 3. The van der Waals surface area contributed by atoms with E-state index < -0.39 is 0 Å². The Morgan fingerprint density at radius 2 is 1.79 bits per heavy atom. The molecule has 1 aromatic carbocycles. The number of amides is 4. The van der Waals surface area contributed by atoms with E-state index in [1.54, 1.807) is 50.2 Å². The molecule has 1 aliphatic heterocycles. The lowest BCUT2D eigenvalue weighted by molar-refractivity contribution is -0.130. The van der Waals surface area contributed by atoms with Crippen LogP contribution < -0.4 is 15.4 Å². The molecule has 0 unspecified atom stereocenters. The number of rotatable bonds is 6. The molecule has 4 amide bonds. The van der Waals surface area contributed by atoms with Crippen LogP contribution in [0, 0.1) is 0 Å². The molecule has 0 bridgehead atoms. The van der Waals surface area contributed by atoms with Crippen molar-refractivity contribution < 1.29 is 23.9 Å². The number of nitrogens with zero attached hydrogens (tertiary/aromatic N) is 2. The monoisotopic (exact) mass is 392 g/mol. The van der Waals surface area contributed by atoms with Crippen LogP contribution in [0.2, 0.25) is 0 Å². The maximum Gasteiger partial charge on any atom is 0.409 e. The molecule has 1 saturated heterocycles. The molecule has 0 atom stereocenters. The second kappa shape index (κ2) is 10.4. The van der Waals surface area contributed by atoms with Crippen molar-refractivity contribution in [2.24, 2.45) is 0 Å². The Balaban J connectivity index is 1.73. The van der Waals surface area contributed by atoms with Crippen LogP contribution in [-0.4, -0.2) is 74.3 Å². The number of hydrogen-bond donors (Lipinski definition) is 2. The number of carbonyl (C=O) groups is 3. The van der Waals surface area contributed by atoms with Gasteiger partial charge in [-0.3, -0.25) is 4.79 Å². The molecule has 2 rings (SSSR count). The van der Waals surface area contributed by atoms with Crippen molar-refractivity contribution in [2.45, 2.75) is 25.8 Å². The molecule has 9 heteroatoms. The van der Waals surface area contributed by atoms with Gasteiger partial charge in [0.05, 0.1) is 6.61 Å². The maximum atomic E-state index is 12.2. The van der Waals surface area contributed by atoms with Gasteiger partial charge < -0.3 is 29.9 Å². The molecule has 0 radical (unpaired) electrons. The SMILES string of the molecule is CCOC(=O)N1CCC(NC(=O)Nc2ccc(OCC(=O)N(C)C)cc2)CC1. The third kappa shape index (κ3) is 6.64. The van der Waals surface area contributed by atoms with E-state index in [9.17, 15) is 14.4 Å². The molecule has 1 aromatic rings. The number of nitrogens with one attached hydrogen (secondary N) is 2. The minimum atomic E-state index is -0.306. The van der Waals surface area contributed by atoms with E-state index in [-0.39, 0.29) is 30.7 Å². The molecule has 0 aliphatic carbocycles. The van der Waals surface area contributed by atoms with Crippen molar-refractivity contribution in [1.82, 2.24) is 15.1 Å². The summed E-state index contributed by atoms with van der Waals surface area (Å²) in [6, 6.07) is 6.50. The van der Waals surface area contributed by atoms with Gasteiger partial charge in [0.15, 0.2) is 6.61 Å². The number of likely N-dealkylation sites (N-methyl/N-ethyl adjacent to an activating group) is 1. The van der Waals surface area contributed by atoms with E-state index in [1.165, 1.54) is 4.90 Å². The highest BCUT2D eigenvalue weighted by molar-refractivity contribution is 5.89. The predicted molar refractivity (Wildman–Crippen MR) is 104 cm³/mol. The summed E-state index contributed by atoms with van der Waals surface area (Å²) in [4.78, 5) is 38.5. The Bertz CT molecular complexity index is 669. The van der Waals surface area contributed by atoms with Crippen LogP contribution in [0.15, 0.2) is 24.3 Å². The molecule has 0 spiro atoms. The quantitative estimate of drug-likeness (QED) is 0.770. The van der Waals surface area contributed by atoms with Crippen LogP contribution >= 0.6 is 0 Å². The van der Waals surface area contributed by atoms with Crippen molar-refractivity contribution in [1.29, 1.82) is 0 Å². The van der Waals surface area contributed by atoms with Gasteiger partial charge in [0, 0.05) is 38.9 Å². The number of benzene rings is 1. The summed E-state index contributed by atoms with van der Waals surface area (Å²) in [5.41, 5.74) is 0.618. The summed E-state index contributed by atoms with van der Waals surface area (Å²) in [7, 11) is 3.33. The van der Waals surface area contributed by atoms with Gasteiger partial charge >= 0.3 is 12.1 Å². The van der Waals surface area contributed by atoms with Gasteiger partial charge in [-0.05, 0) is 44.0 Å². The molecule has 1 heterocycles. The first kappa shape index (κ1) is 21.3. The van der Waals surface area contributed by atoms with Crippen molar-refractivity contribution in [3.63, 3.8) is 0 Å². The summed E-state index contributed by atoms with van der Waals surface area (Å²) in [6.07, 6.45) is 1.05. The molecule has 9 nitrogen and oxygen atoms in total. The third-order valence-corrected chi connectivity index (χ3v) is 4.33. The van der Waals surface area contributed by atoms with E-state index in [1.807, 2.05) is 0 Å². The van der Waals surface area contributed by atoms with Gasteiger partial charge in [-0.15, -0.1) is 0 Å². The fourth-order valence-corrected chi connectivity index (χ4v) is 2.68. The number of urea groups is 1. The van der Waals surface area contributed by atoms with E-state index in [4.69, 9.17) is 9.47 Å². The van der Waals surface area contributed by atoms with E-state index in [0.29, 0.717) is 44.0 Å². The van der Waals surface area contributed by atoms with Gasteiger partial charge in [-0.2, -0.15) is 0 Å². The predicted octanol–water partition coefficient (Wildman–Crippen LogP) is 1.90. The van der Waals surface area contributed by atoms with Gasteiger partial charge in [0.25, 0.3) is 5.91 Å². The first-order valence-electron chi connectivity index (χ1n) is 9.31.